The normalized spacial score (nSPS) is 16.7. The van der Waals surface area contributed by atoms with E-state index >= 15 is 0 Å². The zero-order valence-corrected chi connectivity index (χ0v) is 16.0. The second kappa shape index (κ2) is 9.43. The number of nitrogens with zero attached hydrogens (tertiary/aromatic N) is 2. The molecule has 13 heteroatoms. The Bertz CT molecular complexity index is 916. The van der Waals surface area contributed by atoms with Crippen molar-refractivity contribution in [2.75, 3.05) is 11.9 Å². The van der Waals surface area contributed by atoms with E-state index in [1.165, 1.54) is 6.07 Å². The van der Waals surface area contributed by atoms with Crippen LogP contribution >= 0.6 is 0 Å². The zero-order valence-electron chi connectivity index (χ0n) is 15.1. The third-order valence-corrected chi connectivity index (χ3v) is 5.18. The van der Waals surface area contributed by atoms with Crippen molar-refractivity contribution < 1.29 is 37.1 Å². The summed E-state index contributed by atoms with van der Waals surface area (Å²) in [5.41, 5.74) is 0.343. The number of amides is 2. The summed E-state index contributed by atoms with van der Waals surface area (Å²) in [7, 11) is -4.76. The Hall–Kier alpha value is -3.06. The number of nitro groups is 1. The van der Waals surface area contributed by atoms with Crippen LogP contribution in [0.25, 0.3) is 0 Å². The van der Waals surface area contributed by atoms with Gasteiger partial charge in [-0.25, -0.2) is 4.79 Å². The summed E-state index contributed by atoms with van der Waals surface area (Å²) in [5, 5.41) is 12.0. The highest BCUT2D eigenvalue weighted by Gasteiger charge is 2.48. The van der Waals surface area contributed by atoms with E-state index in [0.717, 1.165) is 0 Å². The van der Waals surface area contributed by atoms with E-state index in [0.29, 0.717) is 31.5 Å². The number of carbonyl (C=O) groups excluding carboxylic acids is 3. The number of unbranched alkanes of at least 4 members (excludes halogenated alkanes) is 2. The molecule has 2 rings (SSSR count). The first kappa shape index (κ1) is 22.2. The standard InChI is InChI=1S/C16H19N3O9S/c20-14-10-13(29(25,26)27)16(22)18(14)28-15(21)8-2-1-5-9-17-11-6-3-4-7-12(11)19(23)24/h3-4,6-7,13,17H,1-2,5,8-10H2,(H,25,26,27)/t13-/m1/s1. The summed E-state index contributed by atoms with van der Waals surface area (Å²) >= 11 is 0. The molecular weight excluding hydrogens is 410 g/mol. The highest BCUT2D eigenvalue weighted by atomic mass is 32.2. The molecule has 1 aromatic rings. The van der Waals surface area contributed by atoms with Gasteiger partial charge in [-0.05, 0) is 18.9 Å². The second-order valence-corrected chi connectivity index (χ2v) is 7.81. The molecule has 0 aliphatic carbocycles. The maximum atomic E-state index is 11.8. The molecule has 1 aliphatic heterocycles. The van der Waals surface area contributed by atoms with Crippen LogP contribution in [-0.4, -0.2) is 52.5 Å². The fraction of sp³-hybridized carbons (Fsp3) is 0.438. The Kier molecular flexibility index (Phi) is 7.23. The van der Waals surface area contributed by atoms with Crippen molar-refractivity contribution in [3.63, 3.8) is 0 Å². The molecule has 0 saturated carbocycles. The van der Waals surface area contributed by atoms with Gasteiger partial charge in [-0.15, -0.1) is 5.06 Å². The number of nitro benzene ring substituents is 1. The minimum Gasteiger partial charge on any atom is -0.379 e. The van der Waals surface area contributed by atoms with Gasteiger partial charge in [0.15, 0.2) is 5.25 Å². The molecule has 1 aromatic carbocycles. The van der Waals surface area contributed by atoms with Crippen molar-refractivity contribution in [1.29, 1.82) is 0 Å². The highest BCUT2D eigenvalue weighted by molar-refractivity contribution is 7.87. The van der Waals surface area contributed by atoms with Gasteiger partial charge in [-0.3, -0.25) is 24.3 Å². The summed E-state index contributed by atoms with van der Waals surface area (Å²) in [6, 6.07) is 6.19. The lowest BCUT2D eigenvalue weighted by atomic mass is 10.2. The largest absolute Gasteiger partial charge is 0.379 e. The summed E-state index contributed by atoms with van der Waals surface area (Å²) < 4.78 is 31.0. The smallest absolute Gasteiger partial charge is 0.333 e. The lowest BCUT2D eigenvalue weighted by Gasteiger charge is -2.13. The molecule has 1 heterocycles. The van der Waals surface area contributed by atoms with Crippen LogP contribution in [0.2, 0.25) is 0 Å². The van der Waals surface area contributed by atoms with E-state index in [9.17, 15) is 32.9 Å². The predicted molar refractivity (Wildman–Crippen MR) is 98.0 cm³/mol. The second-order valence-electron chi connectivity index (χ2n) is 6.21. The maximum Gasteiger partial charge on any atom is 0.333 e. The van der Waals surface area contributed by atoms with Crippen LogP contribution < -0.4 is 5.32 Å². The van der Waals surface area contributed by atoms with Crippen molar-refractivity contribution in [2.24, 2.45) is 0 Å². The fourth-order valence-corrected chi connectivity index (χ4v) is 3.34. The Morgan fingerprint density at radius 3 is 2.59 bits per heavy atom. The summed E-state index contributed by atoms with van der Waals surface area (Å²) in [6.07, 6.45) is 0.584. The maximum absolute atomic E-state index is 11.8. The molecule has 0 bridgehead atoms. The van der Waals surface area contributed by atoms with E-state index in [4.69, 9.17) is 4.55 Å². The molecule has 0 spiro atoms. The number of nitrogens with one attached hydrogen (secondary N) is 1. The van der Waals surface area contributed by atoms with E-state index in [1.54, 1.807) is 18.2 Å². The molecule has 29 heavy (non-hydrogen) atoms. The molecular formula is C16H19N3O9S. The molecule has 1 fully saturated rings. The summed E-state index contributed by atoms with van der Waals surface area (Å²) in [5.74, 6) is -3.23. The first-order chi connectivity index (χ1) is 13.6. The number of rotatable bonds is 10. The van der Waals surface area contributed by atoms with E-state index in [2.05, 4.69) is 10.2 Å². The molecule has 2 N–H and O–H groups in total. The third-order valence-electron chi connectivity index (χ3n) is 4.09. The SMILES string of the molecule is O=C(CCCCCNc1ccccc1[N+](=O)[O-])ON1C(=O)C[C@@H](S(=O)(=O)O)C1=O. The molecule has 1 atom stereocenters. The van der Waals surface area contributed by atoms with Crippen molar-refractivity contribution in [3.05, 3.63) is 34.4 Å². The quantitative estimate of drug-likeness (QED) is 0.180. The molecule has 0 unspecified atom stereocenters. The molecule has 0 radical (unpaired) electrons. The predicted octanol–water partition coefficient (Wildman–Crippen LogP) is 1.04. The van der Waals surface area contributed by atoms with Gasteiger partial charge >= 0.3 is 5.97 Å². The number of anilines is 1. The van der Waals surface area contributed by atoms with Gasteiger partial charge < -0.3 is 10.2 Å². The van der Waals surface area contributed by atoms with E-state index in [1.807, 2.05) is 0 Å². The number of para-hydroxylation sites is 2. The average molecular weight is 429 g/mol. The lowest BCUT2D eigenvalue weighted by Crippen LogP contribution is -2.36. The number of carbonyl (C=O) groups is 3. The molecule has 0 aromatic heterocycles. The number of imide groups is 1. The third kappa shape index (κ3) is 5.96. The Labute approximate surface area is 165 Å². The monoisotopic (exact) mass is 429 g/mol. The average Bonchev–Trinajstić information content (AvgIpc) is 2.93. The first-order valence-corrected chi connectivity index (χ1v) is 10.1. The minimum absolute atomic E-state index is 0.0424. The summed E-state index contributed by atoms with van der Waals surface area (Å²) in [6.45, 7) is 0.430. The zero-order chi connectivity index (χ0) is 21.6. The number of benzene rings is 1. The van der Waals surface area contributed by atoms with Crippen LogP contribution in [0.4, 0.5) is 11.4 Å². The molecule has 2 amide bonds. The van der Waals surface area contributed by atoms with Gasteiger partial charge in [-0.2, -0.15) is 8.42 Å². The Morgan fingerprint density at radius 1 is 1.28 bits per heavy atom. The van der Waals surface area contributed by atoms with Crippen LogP contribution in [0.5, 0.6) is 0 Å². The van der Waals surface area contributed by atoms with Crippen LogP contribution in [0.3, 0.4) is 0 Å². The molecule has 158 valence electrons. The van der Waals surface area contributed by atoms with Gasteiger partial charge in [0.05, 0.1) is 11.3 Å². The fourth-order valence-electron chi connectivity index (χ4n) is 2.64. The molecule has 12 nitrogen and oxygen atoms in total. The Morgan fingerprint density at radius 2 is 1.97 bits per heavy atom. The van der Waals surface area contributed by atoms with Gasteiger partial charge in [0.1, 0.15) is 5.69 Å². The van der Waals surface area contributed by atoms with Crippen molar-refractivity contribution in [3.8, 4) is 0 Å². The Balaban J connectivity index is 1.70. The highest BCUT2D eigenvalue weighted by Crippen LogP contribution is 2.23. The lowest BCUT2D eigenvalue weighted by molar-refractivity contribution is -0.384. The number of hydroxylamine groups is 2. The van der Waals surface area contributed by atoms with Crippen LogP contribution in [0.15, 0.2) is 24.3 Å². The van der Waals surface area contributed by atoms with E-state index < -0.39 is 44.5 Å². The summed E-state index contributed by atoms with van der Waals surface area (Å²) in [4.78, 5) is 50.1. The van der Waals surface area contributed by atoms with Crippen molar-refractivity contribution in [1.82, 2.24) is 5.06 Å². The van der Waals surface area contributed by atoms with Crippen LogP contribution in [0, 0.1) is 10.1 Å². The number of hydrogen-bond donors (Lipinski definition) is 2. The number of hydrogen-bond acceptors (Lipinski definition) is 9. The molecule has 1 aliphatic rings. The van der Waals surface area contributed by atoms with Crippen LogP contribution in [-0.2, 0) is 29.3 Å². The van der Waals surface area contributed by atoms with E-state index in [-0.39, 0.29) is 17.2 Å². The first-order valence-electron chi connectivity index (χ1n) is 8.62. The van der Waals surface area contributed by atoms with Crippen molar-refractivity contribution >= 4 is 39.3 Å². The van der Waals surface area contributed by atoms with Gasteiger partial charge in [-0.1, -0.05) is 18.6 Å². The van der Waals surface area contributed by atoms with Crippen molar-refractivity contribution in [2.45, 2.75) is 37.4 Å². The van der Waals surface area contributed by atoms with Gasteiger partial charge in [0.2, 0.25) is 0 Å². The topological polar surface area (TPSA) is 173 Å². The van der Waals surface area contributed by atoms with Crippen LogP contribution in [0.1, 0.15) is 32.1 Å². The van der Waals surface area contributed by atoms with Gasteiger partial charge in [0.25, 0.3) is 27.6 Å². The molecule has 1 saturated heterocycles. The minimum atomic E-state index is -4.76. The van der Waals surface area contributed by atoms with Gasteiger partial charge in [0, 0.05) is 19.0 Å².